The van der Waals surface area contributed by atoms with Gasteiger partial charge in [-0.25, -0.2) is 4.98 Å². The molecule has 0 aliphatic carbocycles. The third kappa shape index (κ3) is 2.32. The Balaban J connectivity index is 2.98. The van der Waals surface area contributed by atoms with Crippen LogP contribution in [0.25, 0.3) is 0 Å². The summed E-state index contributed by atoms with van der Waals surface area (Å²) in [5.74, 6) is -0.244. The number of amides is 1. The first kappa shape index (κ1) is 9.80. The maximum absolute atomic E-state index is 10.7. The van der Waals surface area contributed by atoms with Gasteiger partial charge in [0.05, 0.1) is 12.2 Å². The second-order valence-corrected chi connectivity index (χ2v) is 2.72. The zero-order chi connectivity index (χ0) is 9.84. The normalized spacial score (nSPS) is 9.69. The van der Waals surface area contributed by atoms with Crippen molar-refractivity contribution in [2.45, 2.75) is 6.92 Å². The molecule has 0 aliphatic rings. The van der Waals surface area contributed by atoms with Crippen molar-refractivity contribution in [3.63, 3.8) is 0 Å². The summed E-state index contributed by atoms with van der Waals surface area (Å²) >= 11 is 5.76. The van der Waals surface area contributed by atoms with Crippen LogP contribution in [-0.4, -0.2) is 17.5 Å². The number of carbonyl (C=O) groups is 1. The van der Waals surface area contributed by atoms with Gasteiger partial charge in [-0.1, -0.05) is 11.6 Å². The van der Waals surface area contributed by atoms with Gasteiger partial charge in [-0.05, 0) is 13.0 Å². The van der Waals surface area contributed by atoms with Crippen LogP contribution in [0.2, 0.25) is 5.02 Å². The largest absolute Gasteiger partial charge is 0.477 e. The Morgan fingerprint density at radius 2 is 2.46 bits per heavy atom. The van der Waals surface area contributed by atoms with Gasteiger partial charge in [0.25, 0.3) is 0 Å². The molecule has 70 valence electrons. The number of pyridine rings is 1. The first-order valence-electron chi connectivity index (χ1n) is 3.73. The minimum Gasteiger partial charge on any atom is -0.477 e. The molecule has 0 saturated heterocycles. The smallest absolute Gasteiger partial charge is 0.250 e. The highest BCUT2D eigenvalue weighted by Gasteiger charge is 2.06. The number of carbonyl (C=O) groups excluding carboxylic acids is 1. The number of nitrogens with zero attached hydrogens (tertiary/aromatic N) is 1. The van der Waals surface area contributed by atoms with Gasteiger partial charge in [-0.15, -0.1) is 0 Å². The highest BCUT2D eigenvalue weighted by Crippen LogP contribution is 2.21. The Morgan fingerprint density at radius 3 is 2.92 bits per heavy atom. The molecule has 0 aliphatic heterocycles. The molecule has 13 heavy (non-hydrogen) atoms. The van der Waals surface area contributed by atoms with Gasteiger partial charge >= 0.3 is 0 Å². The molecular formula is C8H9ClN2O2. The first-order chi connectivity index (χ1) is 6.15. The van der Waals surface area contributed by atoms with Crippen LogP contribution in [-0.2, 0) is 0 Å². The molecular weight excluding hydrogens is 192 g/mol. The van der Waals surface area contributed by atoms with Crippen molar-refractivity contribution in [1.82, 2.24) is 4.98 Å². The molecule has 0 atom stereocenters. The Morgan fingerprint density at radius 1 is 1.77 bits per heavy atom. The summed E-state index contributed by atoms with van der Waals surface area (Å²) in [5.41, 5.74) is 5.30. The zero-order valence-corrected chi connectivity index (χ0v) is 7.84. The van der Waals surface area contributed by atoms with Gasteiger partial charge in [-0.2, -0.15) is 0 Å². The van der Waals surface area contributed by atoms with Crippen molar-refractivity contribution in [3.8, 4) is 5.88 Å². The van der Waals surface area contributed by atoms with E-state index in [9.17, 15) is 4.79 Å². The van der Waals surface area contributed by atoms with Crippen LogP contribution in [0, 0.1) is 0 Å². The number of nitrogens with two attached hydrogens (primary N) is 1. The molecule has 1 aromatic rings. The average molecular weight is 201 g/mol. The third-order valence-corrected chi connectivity index (χ3v) is 1.64. The molecule has 1 amide bonds. The van der Waals surface area contributed by atoms with Crippen LogP contribution in [0.1, 0.15) is 17.3 Å². The topological polar surface area (TPSA) is 65.2 Å². The Labute approximate surface area is 80.7 Å². The van der Waals surface area contributed by atoms with E-state index < -0.39 is 5.91 Å². The lowest BCUT2D eigenvalue weighted by molar-refractivity contribution is 0.1000. The molecule has 2 N–H and O–H groups in total. The summed E-state index contributed by atoms with van der Waals surface area (Å²) < 4.78 is 5.08. The molecule has 0 unspecified atom stereocenters. The van der Waals surface area contributed by atoms with Gasteiger partial charge in [0.2, 0.25) is 11.8 Å². The number of hydrogen-bond acceptors (Lipinski definition) is 3. The van der Waals surface area contributed by atoms with E-state index >= 15 is 0 Å². The molecule has 5 heteroatoms. The van der Waals surface area contributed by atoms with Crippen LogP contribution >= 0.6 is 11.6 Å². The molecule has 1 rings (SSSR count). The number of aromatic nitrogens is 1. The number of primary amides is 1. The predicted octanol–water partition coefficient (Wildman–Crippen LogP) is 1.23. The van der Waals surface area contributed by atoms with E-state index in [-0.39, 0.29) is 10.6 Å². The van der Waals surface area contributed by atoms with Crippen molar-refractivity contribution >= 4 is 17.5 Å². The van der Waals surface area contributed by atoms with E-state index in [1.165, 1.54) is 12.3 Å². The van der Waals surface area contributed by atoms with Crippen molar-refractivity contribution in [2.75, 3.05) is 6.61 Å². The minimum absolute atomic E-state index is 0.272. The Bertz CT molecular complexity index is 328. The minimum atomic E-state index is -0.558. The van der Waals surface area contributed by atoms with Gasteiger partial charge in [0.1, 0.15) is 5.02 Å². The Kier molecular flexibility index (Phi) is 3.08. The summed E-state index contributed by atoms with van der Waals surface area (Å²) in [7, 11) is 0. The quantitative estimate of drug-likeness (QED) is 0.798. The zero-order valence-electron chi connectivity index (χ0n) is 7.08. The highest BCUT2D eigenvalue weighted by atomic mass is 35.5. The van der Waals surface area contributed by atoms with E-state index in [1.807, 2.05) is 6.92 Å². The molecule has 1 heterocycles. The van der Waals surface area contributed by atoms with Gasteiger partial charge in [0, 0.05) is 6.20 Å². The van der Waals surface area contributed by atoms with Crippen molar-refractivity contribution in [2.24, 2.45) is 5.73 Å². The van der Waals surface area contributed by atoms with E-state index in [0.717, 1.165) is 0 Å². The summed E-state index contributed by atoms with van der Waals surface area (Å²) in [4.78, 5) is 14.5. The third-order valence-electron chi connectivity index (χ3n) is 1.37. The molecule has 0 spiro atoms. The second-order valence-electron chi connectivity index (χ2n) is 2.31. The molecule has 0 saturated carbocycles. The monoisotopic (exact) mass is 200 g/mol. The molecule has 1 aromatic heterocycles. The number of hydrogen-bond donors (Lipinski definition) is 1. The highest BCUT2D eigenvalue weighted by molar-refractivity contribution is 6.32. The van der Waals surface area contributed by atoms with E-state index in [2.05, 4.69) is 4.98 Å². The average Bonchev–Trinajstić information content (AvgIpc) is 2.08. The van der Waals surface area contributed by atoms with E-state index in [1.54, 1.807) is 0 Å². The molecule has 0 aromatic carbocycles. The maximum Gasteiger partial charge on any atom is 0.250 e. The lowest BCUT2D eigenvalue weighted by Gasteiger charge is -2.04. The molecule has 0 fully saturated rings. The van der Waals surface area contributed by atoms with E-state index in [0.29, 0.717) is 12.5 Å². The van der Waals surface area contributed by atoms with Crippen molar-refractivity contribution in [1.29, 1.82) is 0 Å². The summed E-state index contributed by atoms with van der Waals surface area (Å²) in [5, 5.41) is 0.290. The lowest BCUT2D eigenvalue weighted by atomic mass is 10.3. The fourth-order valence-corrected chi connectivity index (χ4v) is 1.02. The van der Waals surface area contributed by atoms with Gasteiger partial charge in [0.15, 0.2) is 0 Å². The Hall–Kier alpha value is -1.29. The second kappa shape index (κ2) is 4.09. The molecule has 0 radical (unpaired) electrons. The fourth-order valence-electron chi connectivity index (χ4n) is 0.803. The SMILES string of the molecule is CCOc1ncc(C(N)=O)cc1Cl. The van der Waals surface area contributed by atoms with Crippen molar-refractivity contribution in [3.05, 3.63) is 22.8 Å². The van der Waals surface area contributed by atoms with Crippen LogP contribution in [0.5, 0.6) is 5.88 Å². The summed E-state index contributed by atoms with van der Waals surface area (Å²) in [6.07, 6.45) is 1.33. The van der Waals surface area contributed by atoms with Crippen LogP contribution in [0.3, 0.4) is 0 Å². The fraction of sp³-hybridized carbons (Fsp3) is 0.250. The number of rotatable bonds is 3. The van der Waals surface area contributed by atoms with Crippen molar-refractivity contribution < 1.29 is 9.53 Å². The van der Waals surface area contributed by atoms with Gasteiger partial charge in [-0.3, -0.25) is 4.79 Å². The predicted molar refractivity (Wildman–Crippen MR) is 48.9 cm³/mol. The van der Waals surface area contributed by atoms with Gasteiger partial charge < -0.3 is 10.5 Å². The van der Waals surface area contributed by atoms with Crippen LogP contribution in [0.4, 0.5) is 0 Å². The number of halogens is 1. The molecule has 0 bridgehead atoms. The first-order valence-corrected chi connectivity index (χ1v) is 4.11. The summed E-state index contributed by atoms with van der Waals surface area (Å²) in [6, 6.07) is 1.43. The lowest BCUT2D eigenvalue weighted by Crippen LogP contribution is -2.11. The standard InChI is InChI=1S/C8H9ClN2O2/c1-2-13-8-6(9)3-5(4-11-8)7(10)12/h3-4H,2H2,1H3,(H2,10,12). The summed E-state index contributed by atoms with van der Waals surface area (Å²) in [6.45, 7) is 2.29. The maximum atomic E-state index is 10.7. The molecule has 4 nitrogen and oxygen atoms in total. The van der Waals surface area contributed by atoms with Crippen LogP contribution in [0.15, 0.2) is 12.3 Å². The van der Waals surface area contributed by atoms with Crippen LogP contribution < -0.4 is 10.5 Å². The van der Waals surface area contributed by atoms with E-state index in [4.69, 9.17) is 22.1 Å². The number of ether oxygens (including phenoxy) is 1.